The van der Waals surface area contributed by atoms with E-state index >= 15 is 4.39 Å². The van der Waals surface area contributed by atoms with Gasteiger partial charge in [-0.2, -0.15) is 0 Å². The van der Waals surface area contributed by atoms with Crippen molar-refractivity contribution in [3.05, 3.63) is 23.8 Å². The number of carbonyl (C=O) groups is 4. The monoisotopic (exact) mass is 504 g/mol. The van der Waals surface area contributed by atoms with Crippen LogP contribution < -0.4 is 0 Å². The Bertz CT molecular complexity index is 1050. The predicted octanol–water partition coefficient (Wildman–Crippen LogP) is 3.82. The van der Waals surface area contributed by atoms with Crippen LogP contribution in [0.2, 0.25) is 0 Å². The molecular weight excluding hydrogens is 467 g/mol. The maximum absolute atomic E-state index is 17.4. The molecule has 7 nitrogen and oxygen atoms in total. The molecule has 36 heavy (non-hydrogen) atoms. The normalized spacial score (nSPS) is 43.1. The Kier molecular flexibility index (Phi) is 6.60. The molecule has 4 rings (SSSR count). The van der Waals surface area contributed by atoms with E-state index in [4.69, 9.17) is 9.47 Å². The summed E-state index contributed by atoms with van der Waals surface area (Å²) >= 11 is 0. The van der Waals surface area contributed by atoms with Crippen molar-refractivity contribution in [2.45, 2.75) is 90.5 Å². The number of Topliss-reactive ketones (excluding diaryl/α,β-unsaturated/α-hetero) is 1. The topological polar surface area (TPSA) is 107 Å². The van der Waals surface area contributed by atoms with Gasteiger partial charge in [-0.15, -0.1) is 0 Å². The number of hydrogen-bond acceptors (Lipinski definition) is 7. The first-order valence-corrected chi connectivity index (χ1v) is 13.0. The smallest absolute Gasteiger partial charge is 0.306 e. The van der Waals surface area contributed by atoms with Crippen LogP contribution in [0.4, 0.5) is 4.39 Å². The van der Waals surface area contributed by atoms with Gasteiger partial charge in [-0.1, -0.05) is 39.3 Å². The maximum atomic E-state index is 17.4. The minimum Gasteiger partial charge on any atom is -0.457 e. The number of hydrogen-bond donors (Lipinski definition) is 1. The molecule has 0 radical (unpaired) electrons. The summed E-state index contributed by atoms with van der Waals surface area (Å²) in [6, 6.07) is 0. The third-order valence-electron chi connectivity index (χ3n) is 9.81. The van der Waals surface area contributed by atoms with E-state index in [1.54, 1.807) is 33.8 Å². The van der Waals surface area contributed by atoms with Crippen molar-refractivity contribution in [3.63, 3.8) is 0 Å². The SMILES string of the molecule is CCC(=O)OCC(=O)[C@@]1(OC(=O)CC)[C@@H](C)C[C@H]2[C@@H]3CCC4=CC(=O)C=C[C@]4(C)[C@]3(F)[C@@H](O)C[C@@]21C. The Morgan fingerprint density at radius 3 is 2.44 bits per heavy atom. The molecule has 198 valence electrons. The molecule has 8 heteroatoms. The summed E-state index contributed by atoms with van der Waals surface area (Å²) in [6.07, 6.45) is 4.32. The Morgan fingerprint density at radius 2 is 1.81 bits per heavy atom. The predicted molar refractivity (Wildman–Crippen MR) is 128 cm³/mol. The molecule has 3 fully saturated rings. The van der Waals surface area contributed by atoms with E-state index in [0.29, 0.717) is 24.8 Å². The zero-order valence-corrected chi connectivity index (χ0v) is 21.8. The van der Waals surface area contributed by atoms with Crippen LogP contribution in [0.15, 0.2) is 23.8 Å². The number of allylic oxidation sites excluding steroid dienone is 4. The highest BCUT2D eigenvalue weighted by molar-refractivity contribution is 6.01. The van der Waals surface area contributed by atoms with Crippen LogP contribution in [0.1, 0.15) is 73.1 Å². The first kappa shape index (κ1) is 26.7. The standard InChI is InChI=1S/C28H37FO7/c1-6-23(33)35-15-22(32)28(36-24(34)7-2)16(3)12-20-19-9-8-17-13-18(30)10-11-25(17,4)27(19,29)21(31)14-26(20,28)5/h10-11,13,16,19-21,31H,6-9,12,14-15H2,1-5H3/t16-,19-,20-,21-,25-,26-,27+,28-/m0/s1. The molecule has 0 aromatic carbocycles. The average molecular weight is 505 g/mol. The van der Waals surface area contributed by atoms with Crippen molar-refractivity contribution >= 4 is 23.5 Å². The third-order valence-corrected chi connectivity index (χ3v) is 9.81. The summed E-state index contributed by atoms with van der Waals surface area (Å²) in [5.41, 5.74) is -5.26. The lowest BCUT2D eigenvalue weighted by Crippen LogP contribution is -2.70. The number of carbonyl (C=O) groups excluding carboxylic acids is 4. The minimum absolute atomic E-state index is 0.0430. The van der Waals surface area contributed by atoms with Crippen LogP contribution in [-0.4, -0.2) is 52.6 Å². The van der Waals surface area contributed by atoms with Crippen LogP contribution in [0, 0.1) is 28.6 Å². The van der Waals surface area contributed by atoms with Crippen molar-refractivity contribution < 1.29 is 38.1 Å². The summed E-state index contributed by atoms with van der Waals surface area (Å²) in [7, 11) is 0. The first-order valence-electron chi connectivity index (χ1n) is 13.0. The lowest BCUT2D eigenvalue weighted by atomic mass is 9.44. The Labute approximate surface area is 211 Å². The van der Waals surface area contributed by atoms with E-state index < -0.39 is 64.4 Å². The van der Waals surface area contributed by atoms with Gasteiger partial charge in [0.1, 0.15) is 0 Å². The van der Waals surface area contributed by atoms with Crippen LogP contribution in [-0.2, 0) is 28.7 Å². The van der Waals surface area contributed by atoms with Gasteiger partial charge < -0.3 is 14.6 Å². The van der Waals surface area contributed by atoms with Crippen molar-refractivity contribution in [3.8, 4) is 0 Å². The Morgan fingerprint density at radius 1 is 1.14 bits per heavy atom. The molecule has 0 aromatic heterocycles. The number of halogens is 1. The number of rotatable bonds is 6. The van der Waals surface area contributed by atoms with Gasteiger partial charge in [-0.25, -0.2) is 4.39 Å². The largest absolute Gasteiger partial charge is 0.457 e. The van der Waals surface area contributed by atoms with E-state index in [9.17, 15) is 24.3 Å². The summed E-state index contributed by atoms with van der Waals surface area (Å²) < 4.78 is 28.5. The minimum atomic E-state index is -2.05. The molecule has 0 aliphatic heterocycles. The van der Waals surface area contributed by atoms with Gasteiger partial charge in [-0.05, 0) is 50.7 Å². The van der Waals surface area contributed by atoms with Crippen molar-refractivity contribution in [1.29, 1.82) is 0 Å². The molecule has 0 amide bonds. The van der Waals surface area contributed by atoms with Gasteiger partial charge >= 0.3 is 11.9 Å². The zero-order valence-electron chi connectivity index (χ0n) is 21.8. The highest BCUT2D eigenvalue weighted by Crippen LogP contribution is 2.71. The highest BCUT2D eigenvalue weighted by Gasteiger charge is 2.77. The van der Waals surface area contributed by atoms with Crippen molar-refractivity contribution in [2.75, 3.05) is 6.61 Å². The average Bonchev–Trinajstić information content (AvgIpc) is 3.05. The van der Waals surface area contributed by atoms with E-state index in [1.165, 1.54) is 12.2 Å². The number of ketones is 2. The summed E-state index contributed by atoms with van der Waals surface area (Å²) in [6.45, 7) is 8.05. The molecule has 0 bridgehead atoms. The fourth-order valence-electron chi connectivity index (χ4n) is 8.01. The molecule has 0 heterocycles. The Balaban J connectivity index is 1.80. The number of fused-ring (bicyclic) bond motifs is 5. The van der Waals surface area contributed by atoms with E-state index in [1.807, 2.05) is 6.92 Å². The second kappa shape index (κ2) is 8.89. The molecule has 4 aliphatic carbocycles. The number of esters is 2. The number of aliphatic hydroxyl groups is 1. The van der Waals surface area contributed by atoms with E-state index in [2.05, 4.69) is 0 Å². The zero-order chi connectivity index (χ0) is 26.7. The lowest BCUT2D eigenvalue weighted by molar-refractivity contribution is -0.228. The van der Waals surface area contributed by atoms with Gasteiger partial charge in [0, 0.05) is 35.5 Å². The molecule has 0 saturated heterocycles. The van der Waals surface area contributed by atoms with Crippen LogP contribution in [0.3, 0.4) is 0 Å². The quantitative estimate of drug-likeness (QED) is 0.548. The summed E-state index contributed by atoms with van der Waals surface area (Å²) in [4.78, 5) is 50.3. The van der Waals surface area contributed by atoms with Gasteiger partial charge in [0.15, 0.2) is 23.7 Å². The molecule has 1 N–H and O–H groups in total. The number of aliphatic hydroxyl groups excluding tert-OH is 1. The fourth-order valence-corrected chi connectivity index (χ4v) is 8.01. The van der Waals surface area contributed by atoms with Crippen LogP contribution in [0.25, 0.3) is 0 Å². The molecule has 0 aromatic rings. The van der Waals surface area contributed by atoms with Gasteiger partial charge in [0.05, 0.1) is 6.10 Å². The van der Waals surface area contributed by atoms with Gasteiger partial charge in [0.25, 0.3) is 0 Å². The fraction of sp³-hybridized carbons (Fsp3) is 0.714. The first-order chi connectivity index (χ1) is 16.8. The summed E-state index contributed by atoms with van der Waals surface area (Å²) in [5, 5.41) is 11.5. The maximum Gasteiger partial charge on any atom is 0.306 e. The molecule has 3 saturated carbocycles. The molecular formula is C28H37FO7. The summed E-state index contributed by atoms with van der Waals surface area (Å²) in [5.74, 6) is -3.31. The number of ether oxygens (including phenoxy) is 2. The Hall–Kier alpha value is -2.35. The molecule has 4 aliphatic rings. The number of alkyl halides is 1. The van der Waals surface area contributed by atoms with Gasteiger partial charge in [-0.3, -0.25) is 19.2 Å². The van der Waals surface area contributed by atoms with Crippen molar-refractivity contribution in [1.82, 2.24) is 0 Å². The van der Waals surface area contributed by atoms with Crippen LogP contribution >= 0.6 is 0 Å². The molecule has 0 spiro atoms. The molecule has 0 unspecified atom stereocenters. The van der Waals surface area contributed by atoms with E-state index in [-0.39, 0.29) is 31.0 Å². The third kappa shape index (κ3) is 3.39. The van der Waals surface area contributed by atoms with E-state index in [0.717, 1.165) is 0 Å². The second-order valence-electron chi connectivity index (χ2n) is 11.4. The highest BCUT2D eigenvalue weighted by atomic mass is 19.1. The lowest BCUT2D eigenvalue weighted by Gasteiger charge is -2.62. The van der Waals surface area contributed by atoms with Gasteiger partial charge in [0.2, 0.25) is 5.78 Å². The second-order valence-corrected chi connectivity index (χ2v) is 11.4. The molecule has 8 atom stereocenters. The van der Waals surface area contributed by atoms with Crippen molar-refractivity contribution in [2.24, 2.45) is 28.6 Å². The van der Waals surface area contributed by atoms with Crippen LogP contribution in [0.5, 0.6) is 0 Å².